The molecule has 1 aromatic carbocycles. The Morgan fingerprint density at radius 3 is 2.56 bits per heavy atom. The van der Waals surface area contributed by atoms with E-state index in [-0.39, 0.29) is 12.3 Å². The van der Waals surface area contributed by atoms with Crippen LogP contribution in [0.4, 0.5) is 0 Å². The van der Waals surface area contributed by atoms with Crippen LogP contribution in [-0.4, -0.2) is 10.5 Å². The van der Waals surface area contributed by atoms with E-state index in [0.29, 0.717) is 0 Å². The molecule has 0 aliphatic rings. The molecule has 0 radical (unpaired) electrons. The summed E-state index contributed by atoms with van der Waals surface area (Å²) in [6.07, 6.45) is 0. The fourth-order valence-electron chi connectivity index (χ4n) is 1.85. The summed E-state index contributed by atoms with van der Waals surface area (Å²) in [5, 5.41) is 0.963. The SMILES string of the molecule is CC(=O)OCn1c(=O)ccc2cc(C)c(C)cc21. The summed E-state index contributed by atoms with van der Waals surface area (Å²) in [6.45, 7) is 5.29. The van der Waals surface area contributed by atoms with Crippen LogP contribution in [0.2, 0.25) is 0 Å². The molecular weight excluding hydrogens is 230 g/mol. The van der Waals surface area contributed by atoms with Gasteiger partial charge in [-0.1, -0.05) is 0 Å². The highest BCUT2D eigenvalue weighted by molar-refractivity contribution is 5.80. The number of hydrogen-bond acceptors (Lipinski definition) is 3. The van der Waals surface area contributed by atoms with Crippen LogP contribution < -0.4 is 5.56 Å². The Morgan fingerprint density at radius 1 is 1.22 bits per heavy atom. The van der Waals surface area contributed by atoms with Crippen molar-refractivity contribution in [3.05, 3.63) is 45.7 Å². The lowest BCUT2D eigenvalue weighted by Crippen LogP contribution is -2.21. The Balaban J connectivity index is 2.62. The second-order valence-corrected chi connectivity index (χ2v) is 4.36. The largest absolute Gasteiger partial charge is 0.444 e. The van der Waals surface area contributed by atoms with Gasteiger partial charge >= 0.3 is 5.97 Å². The molecule has 0 bridgehead atoms. The molecule has 1 heterocycles. The van der Waals surface area contributed by atoms with E-state index in [2.05, 4.69) is 0 Å². The van der Waals surface area contributed by atoms with Crippen LogP contribution in [0, 0.1) is 13.8 Å². The molecular formula is C14H15NO3. The van der Waals surface area contributed by atoms with Crippen molar-refractivity contribution in [3.8, 4) is 0 Å². The zero-order valence-corrected chi connectivity index (χ0v) is 10.7. The number of aromatic nitrogens is 1. The van der Waals surface area contributed by atoms with Gasteiger partial charge in [0, 0.05) is 13.0 Å². The molecule has 0 saturated heterocycles. The maximum atomic E-state index is 11.8. The van der Waals surface area contributed by atoms with Gasteiger partial charge in [0.25, 0.3) is 5.56 Å². The highest BCUT2D eigenvalue weighted by Gasteiger charge is 2.06. The highest BCUT2D eigenvalue weighted by Crippen LogP contribution is 2.17. The molecule has 2 rings (SSSR count). The average molecular weight is 245 g/mol. The zero-order valence-electron chi connectivity index (χ0n) is 10.7. The second-order valence-electron chi connectivity index (χ2n) is 4.36. The van der Waals surface area contributed by atoms with Crippen molar-refractivity contribution in [1.82, 2.24) is 4.57 Å². The van der Waals surface area contributed by atoms with Crippen molar-refractivity contribution in [3.63, 3.8) is 0 Å². The molecule has 2 aromatic rings. The first kappa shape index (κ1) is 12.4. The molecule has 4 heteroatoms. The number of benzene rings is 1. The molecule has 0 saturated carbocycles. The number of pyridine rings is 1. The Bertz CT molecular complexity index is 671. The molecule has 0 fully saturated rings. The topological polar surface area (TPSA) is 48.3 Å². The molecule has 0 aliphatic heterocycles. The quantitative estimate of drug-likeness (QED) is 0.761. The number of rotatable bonds is 2. The van der Waals surface area contributed by atoms with Gasteiger partial charge in [0.1, 0.15) is 0 Å². The fraction of sp³-hybridized carbons (Fsp3) is 0.286. The lowest BCUT2D eigenvalue weighted by molar-refractivity contribution is -0.144. The minimum absolute atomic E-state index is 0.0476. The van der Waals surface area contributed by atoms with E-state index in [1.807, 2.05) is 26.0 Å². The number of hydrogen-bond donors (Lipinski definition) is 0. The minimum atomic E-state index is -0.400. The predicted molar refractivity (Wildman–Crippen MR) is 69.4 cm³/mol. The smallest absolute Gasteiger partial charge is 0.304 e. The van der Waals surface area contributed by atoms with Gasteiger partial charge in [0.05, 0.1) is 5.52 Å². The number of carbonyl (C=O) groups excluding carboxylic acids is 1. The van der Waals surface area contributed by atoms with Gasteiger partial charge in [-0.25, -0.2) is 0 Å². The van der Waals surface area contributed by atoms with Gasteiger partial charge in [0.2, 0.25) is 0 Å². The van der Waals surface area contributed by atoms with E-state index < -0.39 is 5.97 Å². The molecule has 0 aliphatic carbocycles. The van der Waals surface area contributed by atoms with Crippen molar-refractivity contribution in [2.24, 2.45) is 0 Å². The van der Waals surface area contributed by atoms with Crippen LogP contribution in [0.25, 0.3) is 10.9 Å². The van der Waals surface area contributed by atoms with Crippen LogP contribution in [0.3, 0.4) is 0 Å². The molecule has 94 valence electrons. The summed E-state index contributed by atoms with van der Waals surface area (Å²) >= 11 is 0. The number of esters is 1. The van der Waals surface area contributed by atoms with Gasteiger partial charge in [-0.2, -0.15) is 0 Å². The molecule has 0 unspecified atom stereocenters. The zero-order chi connectivity index (χ0) is 13.3. The van der Waals surface area contributed by atoms with Crippen LogP contribution in [0.5, 0.6) is 0 Å². The van der Waals surface area contributed by atoms with E-state index in [4.69, 9.17) is 4.74 Å². The van der Waals surface area contributed by atoms with Crippen molar-refractivity contribution in [1.29, 1.82) is 0 Å². The van der Waals surface area contributed by atoms with Crippen molar-refractivity contribution in [2.75, 3.05) is 0 Å². The first-order chi connectivity index (χ1) is 8.49. The fourth-order valence-corrected chi connectivity index (χ4v) is 1.85. The summed E-state index contributed by atoms with van der Waals surface area (Å²) in [5.74, 6) is -0.400. The van der Waals surface area contributed by atoms with Gasteiger partial charge in [-0.15, -0.1) is 0 Å². The van der Waals surface area contributed by atoms with E-state index >= 15 is 0 Å². The molecule has 4 nitrogen and oxygen atoms in total. The third kappa shape index (κ3) is 2.27. The summed E-state index contributed by atoms with van der Waals surface area (Å²) in [4.78, 5) is 22.7. The Labute approximate surface area is 105 Å². The molecule has 18 heavy (non-hydrogen) atoms. The summed E-state index contributed by atoms with van der Waals surface area (Å²) in [7, 11) is 0. The van der Waals surface area contributed by atoms with E-state index in [1.54, 1.807) is 6.07 Å². The third-order valence-electron chi connectivity index (χ3n) is 3.00. The number of ether oxygens (including phenoxy) is 1. The summed E-state index contributed by atoms with van der Waals surface area (Å²) in [5.41, 5.74) is 2.88. The molecule has 0 amide bonds. The Morgan fingerprint density at radius 2 is 1.89 bits per heavy atom. The van der Waals surface area contributed by atoms with E-state index in [9.17, 15) is 9.59 Å². The van der Waals surface area contributed by atoms with E-state index in [0.717, 1.165) is 16.5 Å². The summed E-state index contributed by atoms with van der Waals surface area (Å²) in [6, 6.07) is 7.24. The Kier molecular flexibility index (Phi) is 3.19. The lowest BCUT2D eigenvalue weighted by Gasteiger charge is -2.11. The monoisotopic (exact) mass is 245 g/mol. The number of fused-ring (bicyclic) bond motifs is 1. The second kappa shape index (κ2) is 4.64. The maximum absolute atomic E-state index is 11.8. The van der Waals surface area contributed by atoms with Crippen LogP contribution in [-0.2, 0) is 16.3 Å². The predicted octanol–water partition coefficient (Wildman–Crippen LogP) is 2.14. The third-order valence-corrected chi connectivity index (χ3v) is 3.00. The van der Waals surface area contributed by atoms with Crippen molar-refractivity contribution < 1.29 is 9.53 Å². The molecule has 0 N–H and O–H groups in total. The maximum Gasteiger partial charge on any atom is 0.304 e. The van der Waals surface area contributed by atoms with E-state index in [1.165, 1.54) is 23.1 Å². The normalized spacial score (nSPS) is 10.6. The van der Waals surface area contributed by atoms with Gasteiger partial charge in [-0.05, 0) is 48.6 Å². The first-order valence-electron chi connectivity index (χ1n) is 5.73. The number of carbonyl (C=O) groups is 1. The standard InChI is InChI=1S/C14H15NO3/c1-9-6-12-4-5-14(17)15(8-18-11(3)16)13(12)7-10(9)2/h4-7H,8H2,1-3H3. The van der Waals surface area contributed by atoms with Crippen LogP contribution >= 0.6 is 0 Å². The number of nitrogens with zero attached hydrogens (tertiary/aromatic N) is 1. The van der Waals surface area contributed by atoms with Crippen LogP contribution in [0.15, 0.2) is 29.1 Å². The van der Waals surface area contributed by atoms with Gasteiger partial charge in [0.15, 0.2) is 6.73 Å². The highest BCUT2D eigenvalue weighted by atomic mass is 16.5. The average Bonchev–Trinajstić information content (AvgIpc) is 2.30. The summed E-state index contributed by atoms with van der Waals surface area (Å²) < 4.78 is 6.37. The molecule has 1 aromatic heterocycles. The lowest BCUT2D eigenvalue weighted by atomic mass is 10.1. The number of aryl methyl sites for hydroxylation is 2. The van der Waals surface area contributed by atoms with Gasteiger partial charge < -0.3 is 4.74 Å². The Hall–Kier alpha value is -2.10. The minimum Gasteiger partial charge on any atom is -0.444 e. The van der Waals surface area contributed by atoms with Crippen molar-refractivity contribution in [2.45, 2.75) is 27.5 Å². The molecule has 0 atom stereocenters. The molecule has 0 spiro atoms. The first-order valence-corrected chi connectivity index (χ1v) is 5.73. The van der Waals surface area contributed by atoms with Crippen LogP contribution in [0.1, 0.15) is 18.1 Å². The van der Waals surface area contributed by atoms with Crippen molar-refractivity contribution >= 4 is 16.9 Å². The van der Waals surface area contributed by atoms with Gasteiger partial charge in [-0.3, -0.25) is 14.2 Å².